The second kappa shape index (κ2) is 14.8. The van der Waals surface area contributed by atoms with Crippen molar-refractivity contribution in [2.75, 3.05) is 4.90 Å². The number of rotatable bonds is 6. The van der Waals surface area contributed by atoms with Crippen LogP contribution in [0.1, 0.15) is 44.5 Å². The van der Waals surface area contributed by atoms with Crippen molar-refractivity contribution in [1.82, 2.24) is 0 Å². The van der Waals surface area contributed by atoms with E-state index in [1.54, 1.807) is 0 Å². The Kier molecular flexibility index (Phi) is 8.24. The number of hydrogen-bond donors (Lipinski definition) is 0. The van der Waals surface area contributed by atoms with Crippen LogP contribution in [0.2, 0.25) is 0 Å². The number of benzene rings is 11. The summed E-state index contributed by atoms with van der Waals surface area (Å²) in [6.07, 6.45) is 0. The van der Waals surface area contributed by atoms with E-state index in [0.717, 1.165) is 44.6 Å². The fourth-order valence-electron chi connectivity index (χ4n) is 13.1. The summed E-state index contributed by atoms with van der Waals surface area (Å²) in [6.45, 7) is 0. The lowest BCUT2D eigenvalue weighted by Gasteiger charge is -2.36. The van der Waals surface area contributed by atoms with Gasteiger partial charge in [-0.25, -0.2) is 0 Å². The van der Waals surface area contributed by atoms with E-state index in [2.05, 4.69) is 260 Å². The monoisotopic (exact) mass is 889 g/mol. The number of anilines is 3. The Morgan fingerprint density at radius 1 is 0.257 bits per heavy atom. The average molecular weight is 890 g/mol. The zero-order chi connectivity index (χ0) is 46.0. The van der Waals surface area contributed by atoms with Gasteiger partial charge in [-0.3, -0.25) is 0 Å². The Morgan fingerprint density at radius 3 is 1.21 bits per heavy atom. The van der Waals surface area contributed by atoms with Gasteiger partial charge < -0.3 is 9.32 Å². The summed E-state index contributed by atoms with van der Waals surface area (Å²) in [7, 11) is 0. The molecule has 2 nitrogen and oxygen atoms in total. The molecule has 0 aliphatic heterocycles. The van der Waals surface area contributed by atoms with Gasteiger partial charge in [0.1, 0.15) is 11.2 Å². The van der Waals surface area contributed by atoms with E-state index in [9.17, 15) is 0 Å². The number of hydrogen-bond acceptors (Lipinski definition) is 2. The molecular weight excluding hydrogens is 847 g/mol. The molecule has 326 valence electrons. The second-order valence-corrected chi connectivity index (χ2v) is 19.0. The van der Waals surface area contributed by atoms with Gasteiger partial charge in [0, 0.05) is 27.7 Å². The third-order valence-electron chi connectivity index (χ3n) is 15.8. The quantitative estimate of drug-likeness (QED) is 0.165. The number of fused-ring (bicyclic) bond motifs is 16. The third kappa shape index (κ3) is 5.12. The summed E-state index contributed by atoms with van der Waals surface area (Å²) in [5.74, 6) is 0. The van der Waals surface area contributed by atoms with Crippen LogP contribution in [0.4, 0.5) is 17.1 Å². The largest absolute Gasteiger partial charge is 0.456 e. The predicted molar refractivity (Wildman–Crippen MR) is 287 cm³/mol. The van der Waals surface area contributed by atoms with Crippen LogP contribution in [0.3, 0.4) is 0 Å². The highest BCUT2D eigenvalue weighted by Gasteiger charge is 2.52. The molecule has 3 aliphatic rings. The normalized spacial score (nSPS) is 13.9. The fourth-order valence-corrected chi connectivity index (χ4v) is 13.1. The molecule has 2 heteroatoms. The first kappa shape index (κ1) is 39.1. The zero-order valence-electron chi connectivity index (χ0n) is 38.2. The molecule has 0 atom stereocenters. The molecule has 0 N–H and O–H groups in total. The van der Waals surface area contributed by atoms with Crippen molar-refractivity contribution in [2.24, 2.45) is 0 Å². The summed E-state index contributed by atoms with van der Waals surface area (Å²) in [5.41, 5.74) is 24.3. The zero-order valence-corrected chi connectivity index (χ0v) is 38.2. The number of furan rings is 1. The molecule has 12 aromatic rings. The van der Waals surface area contributed by atoms with Gasteiger partial charge in [0.15, 0.2) is 0 Å². The summed E-state index contributed by atoms with van der Waals surface area (Å²) >= 11 is 0. The summed E-state index contributed by atoms with van der Waals surface area (Å²) in [5, 5.41) is 2.19. The molecule has 70 heavy (non-hydrogen) atoms. The van der Waals surface area contributed by atoms with Crippen LogP contribution in [0.5, 0.6) is 0 Å². The summed E-state index contributed by atoms with van der Waals surface area (Å²) in [4.78, 5) is 2.49. The molecule has 3 aliphatic carbocycles. The maximum Gasteiger partial charge on any atom is 0.135 e. The van der Waals surface area contributed by atoms with E-state index in [4.69, 9.17) is 4.42 Å². The smallest absolute Gasteiger partial charge is 0.135 e. The third-order valence-corrected chi connectivity index (χ3v) is 15.8. The molecule has 0 saturated heterocycles. The Labute approximate surface area is 407 Å². The molecule has 0 bridgehead atoms. The molecule has 1 aromatic heterocycles. The Bertz CT molecular complexity index is 4010. The van der Waals surface area contributed by atoms with Crippen LogP contribution in [0.25, 0.3) is 66.4 Å². The molecule has 1 spiro atoms. The number of nitrogens with zero attached hydrogens (tertiary/aromatic N) is 1. The maximum atomic E-state index is 6.47. The maximum absolute atomic E-state index is 6.47. The van der Waals surface area contributed by atoms with Crippen molar-refractivity contribution in [2.45, 2.75) is 10.8 Å². The predicted octanol–water partition coefficient (Wildman–Crippen LogP) is 17.4. The van der Waals surface area contributed by atoms with Crippen molar-refractivity contribution < 1.29 is 4.42 Å². The first-order valence-corrected chi connectivity index (χ1v) is 24.3. The van der Waals surface area contributed by atoms with Gasteiger partial charge in [-0.15, -0.1) is 0 Å². The average Bonchev–Trinajstić information content (AvgIpc) is 4.14. The van der Waals surface area contributed by atoms with Gasteiger partial charge in [-0.2, -0.15) is 0 Å². The Hall–Kier alpha value is -8.98. The SMILES string of the molecule is c1ccc(C2(c3ccccc3-c3ccccc3N(c3ccc4c(c3)-c3ccccc3C43c4ccccc4-c4ccccc43)c3ccc4oc5ccccc5c4c3)c3ccccc3-c3ccccc32)cc1. The fraction of sp³-hybridized carbons (Fsp3) is 0.0294. The van der Waals surface area contributed by atoms with Crippen LogP contribution in [0, 0.1) is 0 Å². The number of para-hydroxylation sites is 2. The van der Waals surface area contributed by atoms with E-state index in [1.807, 2.05) is 6.07 Å². The van der Waals surface area contributed by atoms with Crippen LogP contribution in [-0.4, -0.2) is 0 Å². The highest BCUT2D eigenvalue weighted by Crippen LogP contribution is 2.64. The summed E-state index contributed by atoms with van der Waals surface area (Å²) < 4.78 is 6.47. The van der Waals surface area contributed by atoms with Crippen molar-refractivity contribution >= 4 is 39.0 Å². The minimum atomic E-state index is -0.586. The van der Waals surface area contributed by atoms with Crippen molar-refractivity contribution in [1.29, 1.82) is 0 Å². The van der Waals surface area contributed by atoms with Gasteiger partial charge in [0.2, 0.25) is 0 Å². The minimum absolute atomic E-state index is 0.437. The highest BCUT2D eigenvalue weighted by atomic mass is 16.3. The van der Waals surface area contributed by atoms with E-state index < -0.39 is 10.8 Å². The van der Waals surface area contributed by atoms with Crippen LogP contribution in [-0.2, 0) is 10.8 Å². The van der Waals surface area contributed by atoms with Crippen molar-refractivity contribution in [3.63, 3.8) is 0 Å². The lowest BCUT2D eigenvalue weighted by molar-refractivity contribution is 0.669. The topological polar surface area (TPSA) is 16.4 Å². The van der Waals surface area contributed by atoms with Gasteiger partial charge in [-0.1, -0.05) is 218 Å². The summed E-state index contributed by atoms with van der Waals surface area (Å²) in [6, 6.07) is 96.8. The molecule has 0 saturated carbocycles. The van der Waals surface area contributed by atoms with Gasteiger partial charge >= 0.3 is 0 Å². The van der Waals surface area contributed by atoms with Crippen molar-refractivity contribution in [3.05, 3.63) is 305 Å². The first-order chi connectivity index (χ1) is 34.7. The molecule has 11 aromatic carbocycles. The molecule has 0 radical (unpaired) electrons. The Balaban J connectivity index is 1.00. The van der Waals surface area contributed by atoms with E-state index >= 15 is 0 Å². The van der Waals surface area contributed by atoms with Gasteiger partial charge in [0.25, 0.3) is 0 Å². The van der Waals surface area contributed by atoms with E-state index in [0.29, 0.717) is 0 Å². The van der Waals surface area contributed by atoms with E-state index in [1.165, 1.54) is 83.5 Å². The Morgan fingerprint density at radius 2 is 0.643 bits per heavy atom. The molecule has 0 amide bonds. The van der Waals surface area contributed by atoms with Crippen molar-refractivity contribution in [3.8, 4) is 44.5 Å². The molecule has 15 rings (SSSR count). The van der Waals surface area contributed by atoms with Crippen LogP contribution in [0.15, 0.2) is 265 Å². The molecule has 0 unspecified atom stereocenters. The molecule has 0 fully saturated rings. The standard InChI is InChI=1S/C68H43NO/c1-2-20-44(21-3-1)67(57-30-12-4-22-47(57)48-23-5-13-31-58(48)67)59-32-14-8-26-51(59)53-28-10-18-36-64(53)69(46-39-41-66-56(43-46)54-29-11-19-37-65(54)70-66)45-38-40-63-55(42-45)52-27-9-17-35-62(52)68(63)60-33-15-6-24-49(60)50-25-7-16-34-61(50)68/h1-43H. The first-order valence-electron chi connectivity index (χ1n) is 24.3. The van der Waals surface area contributed by atoms with Crippen LogP contribution < -0.4 is 4.90 Å². The van der Waals surface area contributed by atoms with E-state index in [-0.39, 0.29) is 0 Å². The molecular formula is C68H43NO. The lowest BCUT2D eigenvalue weighted by Crippen LogP contribution is -2.29. The van der Waals surface area contributed by atoms with Gasteiger partial charge in [0.05, 0.1) is 16.5 Å². The van der Waals surface area contributed by atoms with Gasteiger partial charge in [-0.05, 0) is 126 Å². The second-order valence-electron chi connectivity index (χ2n) is 19.0. The van der Waals surface area contributed by atoms with Crippen LogP contribution >= 0.6 is 0 Å². The highest BCUT2D eigenvalue weighted by molar-refractivity contribution is 6.07. The minimum Gasteiger partial charge on any atom is -0.456 e. The molecule has 1 heterocycles. The lowest BCUT2D eigenvalue weighted by atomic mass is 9.66.